The minimum atomic E-state index is -0.368. The maximum absolute atomic E-state index is 13.1. The first-order valence-electron chi connectivity index (χ1n) is 9.68. The molecule has 0 unspecified atom stereocenters. The van der Waals surface area contributed by atoms with E-state index in [1.807, 2.05) is 0 Å². The lowest BCUT2D eigenvalue weighted by atomic mass is 10.2. The number of carbonyl (C=O) groups is 2. The summed E-state index contributed by atoms with van der Waals surface area (Å²) in [6, 6.07) is 5.16. The van der Waals surface area contributed by atoms with Crippen LogP contribution in [0.25, 0.3) is 0 Å². The number of esters is 1. The molecule has 3 heterocycles. The van der Waals surface area contributed by atoms with Gasteiger partial charge in [-0.3, -0.25) is 9.59 Å². The summed E-state index contributed by atoms with van der Waals surface area (Å²) in [7, 11) is 0. The third kappa shape index (κ3) is 4.33. The van der Waals surface area contributed by atoms with Crippen LogP contribution in [-0.4, -0.2) is 66.3 Å². The summed E-state index contributed by atoms with van der Waals surface area (Å²) < 4.78 is 10.5. The Hall–Kier alpha value is -3.15. The number of benzene rings is 1. The molecule has 164 valence electrons. The van der Waals surface area contributed by atoms with Gasteiger partial charge in [0.05, 0.1) is 30.4 Å². The molecular formula is C19H21ClN6O5. The summed E-state index contributed by atoms with van der Waals surface area (Å²) in [6.45, 7) is 3.63. The summed E-state index contributed by atoms with van der Waals surface area (Å²) in [5, 5.41) is 3.46. The number of aromatic nitrogens is 2. The van der Waals surface area contributed by atoms with Gasteiger partial charge in [-0.25, -0.2) is 15.0 Å². The molecule has 1 fully saturated rings. The van der Waals surface area contributed by atoms with Crippen molar-refractivity contribution in [2.24, 2.45) is 0 Å². The van der Waals surface area contributed by atoms with Crippen LogP contribution >= 0.6 is 11.6 Å². The Morgan fingerprint density at radius 2 is 2.13 bits per heavy atom. The number of hydrogen-bond acceptors (Lipinski definition) is 10. The predicted octanol–water partition coefficient (Wildman–Crippen LogP) is 1.28. The summed E-state index contributed by atoms with van der Waals surface area (Å²) in [5.74, 6) is -0.518. The van der Waals surface area contributed by atoms with Crippen molar-refractivity contribution < 1.29 is 24.0 Å². The fourth-order valence-corrected chi connectivity index (χ4v) is 3.59. The second kappa shape index (κ2) is 8.92. The molecular weight excluding hydrogens is 428 g/mol. The number of nitrogens with zero attached hydrogens (tertiary/aromatic N) is 5. The number of hydrogen-bond donors (Lipinski definition) is 1. The van der Waals surface area contributed by atoms with E-state index in [1.54, 1.807) is 30.2 Å². The molecule has 0 spiro atoms. The van der Waals surface area contributed by atoms with E-state index < -0.39 is 0 Å². The Bertz CT molecular complexity index is 1010. The fourth-order valence-electron chi connectivity index (χ4n) is 3.32. The molecule has 0 bridgehead atoms. The summed E-state index contributed by atoms with van der Waals surface area (Å²) in [5.41, 5.74) is 7.18. The number of carbonyl (C=O) groups excluding carboxylic acids is 2. The van der Waals surface area contributed by atoms with E-state index in [-0.39, 0.29) is 48.8 Å². The lowest BCUT2D eigenvalue weighted by molar-refractivity contribution is -0.164. The number of halogens is 1. The van der Waals surface area contributed by atoms with Crippen LogP contribution in [-0.2, 0) is 14.5 Å². The van der Waals surface area contributed by atoms with Gasteiger partial charge in [-0.15, -0.1) is 0 Å². The number of amides is 1. The van der Waals surface area contributed by atoms with Crippen molar-refractivity contribution in [3.8, 4) is 5.88 Å². The molecule has 1 aromatic heterocycles. The van der Waals surface area contributed by atoms with Gasteiger partial charge in [0.25, 0.3) is 5.91 Å². The van der Waals surface area contributed by atoms with Crippen molar-refractivity contribution in [2.75, 3.05) is 55.1 Å². The molecule has 2 N–H and O–H groups in total. The van der Waals surface area contributed by atoms with Crippen LogP contribution in [0.3, 0.4) is 0 Å². The van der Waals surface area contributed by atoms with Crippen LogP contribution in [0.4, 0.5) is 17.2 Å². The van der Waals surface area contributed by atoms with E-state index in [4.69, 9.17) is 31.7 Å². The zero-order valence-corrected chi connectivity index (χ0v) is 17.5. The number of nitrogens with two attached hydrogens (primary N) is 1. The Labute approximate surface area is 183 Å². The lowest BCUT2D eigenvalue weighted by Crippen LogP contribution is -2.33. The van der Waals surface area contributed by atoms with Gasteiger partial charge >= 0.3 is 5.97 Å². The third-order valence-corrected chi connectivity index (χ3v) is 5.05. The molecule has 1 saturated heterocycles. The Kier molecular flexibility index (Phi) is 6.07. The van der Waals surface area contributed by atoms with E-state index in [1.165, 1.54) is 16.3 Å². The number of anilines is 3. The highest BCUT2D eigenvalue weighted by Gasteiger charge is 2.30. The largest absolute Gasteiger partial charge is 0.475 e. The first-order valence-corrected chi connectivity index (χ1v) is 10.1. The number of nitrogen functional groups attached to an aromatic ring is 1. The average molecular weight is 449 g/mol. The van der Waals surface area contributed by atoms with Crippen LogP contribution in [0.15, 0.2) is 24.5 Å². The maximum atomic E-state index is 13.1. The van der Waals surface area contributed by atoms with E-state index in [9.17, 15) is 9.59 Å². The standard InChI is InChI=1S/C19H21ClN6O5/c1-2-29-15(27)10-24-5-6-26(31-24)14-4-3-12(9-13(14)20)25-7-8-30-18-16(19(25)28)17(21)22-11-23-18/h3-4,9,11H,2,5-8,10H2,1H3,(H2,21,22,23). The van der Waals surface area contributed by atoms with Crippen molar-refractivity contribution in [2.45, 2.75) is 6.92 Å². The third-order valence-electron chi connectivity index (χ3n) is 4.74. The first-order chi connectivity index (χ1) is 15.0. The van der Waals surface area contributed by atoms with Gasteiger partial charge in [0.2, 0.25) is 5.88 Å². The van der Waals surface area contributed by atoms with Crippen LogP contribution < -0.4 is 20.4 Å². The molecule has 0 aliphatic carbocycles. The molecule has 1 aromatic carbocycles. The normalized spacial score (nSPS) is 16.6. The zero-order valence-electron chi connectivity index (χ0n) is 16.8. The highest BCUT2D eigenvalue weighted by molar-refractivity contribution is 6.33. The van der Waals surface area contributed by atoms with Gasteiger partial charge in [0.1, 0.15) is 30.9 Å². The second-order valence-electron chi connectivity index (χ2n) is 6.73. The van der Waals surface area contributed by atoms with Gasteiger partial charge in [-0.05, 0) is 25.1 Å². The summed E-state index contributed by atoms with van der Waals surface area (Å²) in [6.07, 6.45) is 1.25. The van der Waals surface area contributed by atoms with E-state index in [0.29, 0.717) is 36.1 Å². The highest BCUT2D eigenvalue weighted by Crippen LogP contribution is 2.34. The number of hydroxylamine groups is 3. The highest BCUT2D eigenvalue weighted by atomic mass is 35.5. The van der Waals surface area contributed by atoms with Crippen LogP contribution in [0.5, 0.6) is 5.88 Å². The molecule has 2 aliphatic heterocycles. The number of ether oxygens (including phenoxy) is 2. The number of fused-ring (bicyclic) bond motifs is 1. The molecule has 2 aromatic rings. The zero-order chi connectivity index (χ0) is 22.0. The Balaban J connectivity index is 1.51. The average Bonchev–Trinajstić information content (AvgIpc) is 3.11. The molecule has 1 amide bonds. The Morgan fingerprint density at radius 3 is 2.90 bits per heavy atom. The van der Waals surface area contributed by atoms with Gasteiger partial charge in [0, 0.05) is 12.2 Å². The molecule has 0 radical (unpaired) electrons. The second-order valence-corrected chi connectivity index (χ2v) is 7.14. The topological polar surface area (TPSA) is 123 Å². The predicted molar refractivity (Wildman–Crippen MR) is 112 cm³/mol. The van der Waals surface area contributed by atoms with Gasteiger partial charge in [0.15, 0.2) is 0 Å². The molecule has 0 atom stereocenters. The minimum absolute atomic E-state index is 0.0191. The van der Waals surface area contributed by atoms with Crippen molar-refractivity contribution >= 4 is 40.7 Å². The molecule has 12 heteroatoms. The van der Waals surface area contributed by atoms with Gasteiger partial charge in [-0.1, -0.05) is 11.6 Å². The monoisotopic (exact) mass is 448 g/mol. The fraction of sp³-hybridized carbons (Fsp3) is 0.368. The first kappa shape index (κ1) is 21.1. The minimum Gasteiger partial charge on any atom is -0.475 e. The van der Waals surface area contributed by atoms with Crippen LogP contribution in [0, 0.1) is 0 Å². The van der Waals surface area contributed by atoms with Crippen molar-refractivity contribution in [3.05, 3.63) is 35.1 Å². The smallest absolute Gasteiger partial charge is 0.322 e. The molecule has 11 nitrogen and oxygen atoms in total. The Morgan fingerprint density at radius 1 is 1.29 bits per heavy atom. The summed E-state index contributed by atoms with van der Waals surface area (Å²) in [4.78, 5) is 39.8. The van der Waals surface area contributed by atoms with Crippen molar-refractivity contribution in [1.29, 1.82) is 0 Å². The van der Waals surface area contributed by atoms with Crippen molar-refractivity contribution in [3.63, 3.8) is 0 Å². The molecule has 31 heavy (non-hydrogen) atoms. The lowest BCUT2D eigenvalue weighted by Gasteiger charge is -2.23. The van der Waals surface area contributed by atoms with Crippen molar-refractivity contribution in [1.82, 2.24) is 15.0 Å². The molecule has 4 rings (SSSR count). The molecule has 0 saturated carbocycles. The van der Waals surface area contributed by atoms with E-state index in [0.717, 1.165) is 0 Å². The van der Waals surface area contributed by atoms with Gasteiger partial charge in [-0.2, -0.15) is 10.0 Å². The van der Waals surface area contributed by atoms with Crippen LogP contribution in [0.2, 0.25) is 5.02 Å². The summed E-state index contributed by atoms with van der Waals surface area (Å²) >= 11 is 6.50. The number of rotatable bonds is 5. The quantitative estimate of drug-likeness (QED) is 0.669. The molecule has 2 aliphatic rings. The van der Waals surface area contributed by atoms with E-state index in [2.05, 4.69) is 9.97 Å². The van der Waals surface area contributed by atoms with E-state index >= 15 is 0 Å². The van der Waals surface area contributed by atoms with Gasteiger partial charge < -0.3 is 20.1 Å². The SMILES string of the molecule is CCOC(=O)CN1CCN(c2ccc(N3CCOc4ncnc(N)c4C3=O)cc2Cl)O1. The van der Waals surface area contributed by atoms with Crippen LogP contribution in [0.1, 0.15) is 17.3 Å². The maximum Gasteiger partial charge on any atom is 0.322 e.